The van der Waals surface area contributed by atoms with Crippen molar-refractivity contribution in [2.45, 2.75) is 31.8 Å². The molecular formula is C16H22ClN5O. The largest absolute Gasteiger partial charge is 0.344 e. The number of carbonyl (C=O) groups is 1. The van der Waals surface area contributed by atoms with E-state index in [9.17, 15) is 4.79 Å². The van der Waals surface area contributed by atoms with Crippen LogP contribution in [-0.2, 0) is 6.54 Å². The molecule has 2 aromatic rings. The van der Waals surface area contributed by atoms with Gasteiger partial charge in [0.1, 0.15) is 0 Å². The zero-order chi connectivity index (χ0) is 15.6. The second kappa shape index (κ2) is 7.10. The molecule has 1 fully saturated rings. The second-order valence-corrected chi connectivity index (χ2v) is 6.14. The fourth-order valence-electron chi connectivity index (χ4n) is 2.61. The van der Waals surface area contributed by atoms with E-state index in [2.05, 4.69) is 15.6 Å². The van der Waals surface area contributed by atoms with Crippen molar-refractivity contribution in [3.05, 3.63) is 47.8 Å². The summed E-state index contributed by atoms with van der Waals surface area (Å²) in [6.45, 7) is 3.02. The standard InChI is InChI=1S/C16H21N5O.ClH/c1-16(11-17,13-7-8-13)18-15(22)14-10-21(20-19-14)9-12-5-3-2-4-6-12;/h2-6,10,13H,7-9,11,17H2,1H3,(H,18,22);1H. The minimum Gasteiger partial charge on any atom is -0.344 e. The van der Waals surface area contributed by atoms with Crippen molar-refractivity contribution < 1.29 is 4.79 Å². The van der Waals surface area contributed by atoms with E-state index in [1.807, 2.05) is 37.3 Å². The van der Waals surface area contributed by atoms with Crippen LogP contribution in [-0.4, -0.2) is 33.0 Å². The maximum atomic E-state index is 12.3. The maximum absolute atomic E-state index is 12.3. The summed E-state index contributed by atoms with van der Waals surface area (Å²) in [6.07, 6.45) is 3.91. The first-order chi connectivity index (χ1) is 10.6. The van der Waals surface area contributed by atoms with E-state index in [4.69, 9.17) is 5.73 Å². The van der Waals surface area contributed by atoms with Crippen LogP contribution in [0.5, 0.6) is 0 Å². The Kier molecular flexibility index (Phi) is 5.38. The Balaban J connectivity index is 0.00000192. The molecule has 3 rings (SSSR count). The van der Waals surface area contributed by atoms with Gasteiger partial charge in [0, 0.05) is 6.54 Å². The van der Waals surface area contributed by atoms with Crippen LogP contribution in [0, 0.1) is 5.92 Å². The Morgan fingerprint density at radius 3 is 2.70 bits per heavy atom. The third-order valence-corrected chi connectivity index (χ3v) is 4.26. The molecule has 1 aliphatic rings. The van der Waals surface area contributed by atoms with Crippen molar-refractivity contribution >= 4 is 18.3 Å². The number of carbonyl (C=O) groups excluding carboxylic acids is 1. The van der Waals surface area contributed by atoms with E-state index in [0.29, 0.717) is 24.7 Å². The number of rotatable bonds is 6. The van der Waals surface area contributed by atoms with Gasteiger partial charge in [0.2, 0.25) is 0 Å². The van der Waals surface area contributed by atoms with Crippen LogP contribution >= 0.6 is 12.4 Å². The minimum absolute atomic E-state index is 0. The van der Waals surface area contributed by atoms with Crippen LogP contribution in [0.15, 0.2) is 36.5 Å². The highest BCUT2D eigenvalue weighted by molar-refractivity contribution is 5.92. The van der Waals surface area contributed by atoms with Crippen molar-refractivity contribution in [3.8, 4) is 0 Å². The molecule has 0 bridgehead atoms. The molecule has 1 heterocycles. The number of amides is 1. The zero-order valence-electron chi connectivity index (χ0n) is 13.1. The van der Waals surface area contributed by atoms with Crippen LogP contribution in [0.25, 0.3) is 0 Å². The predicted molar refractivity (Wildman–Crippen MR) is 90.5 cm³/mol. The molecule has 6 nitrogen and oxygen atoms in total. The van der Waals surface area contributed by atoms with E-state index in [0.717, 1.165) is 18.4 Å². The fraction of sp³-hybridized carbons (Fsp3) is 0.438. The highest BCUT2D eigenvalue weighted by Gasteiger charge is 2.41. The van der Waals surface area contributed by atoms with Crippen molar-refractivity contribution in [2.75, 3.05) is 6.54 Å². The van der Waals surface area contributed by atoms with Crippen LogP contribution in [0.3, 0.4) is 0 Å². The molecular weight excluding hydrogens is 314 g/mol. The zero-order valence-corrected chi connectivity index (χ0v) is 13.9. The Hall–Kier alpha value is -1.92. The number of nitrogens with one attached hydrogen (secondary N) is 1. The number of benzene rings is 1. The van der Waals surface area contributed by atoms with Gasteiger partial charge in [-0.1, -0.05) is 35.5 Å². The van der Waals surface area contributed by atoms with Crippen molar-refractivity contribution in [1.82, 2.24) is 20.3 Å². The molecule has 1 amide bonds. The van der Waals surface area contributed by atoms with Crippen molar-refractivity contribution in [2.24, 2.45) is 11.7 Å². The highest BCUT2D eigenvalue weighted by atomic mass is 35.5. The molecule has 1 saturated carbocycles. The third-order valence-electron chi connectivity index (χ3n) is 4.26. The predicted octanol–water partition coefficient (Wildman–Crippen LogP) is 1.61. The smallest absolute Gasteiger partial charge is 0.273 e. The number of aromatic nitrogens is 3. The summed E-state index contributed by atoms with van der Waals surface area (Å²) in [5, 5.41) is 11.0. The lowest BCUT2D eigenvalue weighted by atomic mass is 9.96. The average molecular weight is 336 g/mol. The number of nitrogens with zero attached hydrogens (tertiary/aromatic N) is 3. The lowest BCUT2D eigenvalue weighted by Crippen LogP contribution is -2.53. The van der Waals surface area contributed by atoms with Gasteiger partial charge in [-0.15, -0.1) is 17.5 Å². The molecule has 0 saturated heterocycles. The number of hydrogen-bond donors (Lipinski definition) is 2. The van der Waals surface area contributed by atoms with Gasteiger partial charge >= 0.3 is 0 Å². The van der Waals surface area contributed by atoms with Crippen LogP contribution in [0.1, 0.15) is 35.8 Å². The summed E-state index contributed by atoms with van der Waals surface area (Å²) >= 11 is 0. The van der Waals surface area contributed by atoms with E-state index in [-0.39, 0.29) is 23.9 Å². The maximum Gasteiger partial charge on any atom is 0.273 e. The fourth-order valence-corrected chi connectivity index (χ4v) is 2.61. The molecule has 0 spiro atoms. The molecule has 1 aromatic heterocycles. The van der Waals surface area contributed by atoms with Gasteiger partial charge in [-0.3, -0.25) is 4.79 Å². The summed E-state index contributed by atoms with van der Waals surface area (Å²) in [5.74, 6) is 0.264. The van der Waals surface area contributed by atoms with Crippen LogP contribution in [0.2, 0.25) is 0 Å². The number of nitrogens with two attached hydrogens (primary N) is 1. The van der Waals surface area contributed by atoms with E-state index in [1.54, 1.807) is 10.9 Å². The molecule has 1 unspecified atom stereocenters. The minimum atomic E-state index is -0.347. The summed E-state index contributed by atoms with van der Waals surface area (Å²) in [7, 11) is 0. The molecule has 7 heteroatoms. The second-order valence-electron chi connectivity index (χ2n) is 6.14. The van der Waals surface area contributed by atoms with Crippen molar-refractivity contribution in [3.63, 3.8) is 0 Å². The monoisotopic (exact) mass is 335 g/mol. The molecule has 3 N–H and O–H groups in total. The SMILES string of the molecule is CC(CN)(NC(=O)c1cn(Cc2ccccc2)nn1)C1CC1.Cl. The molecule has 0 aliphatic heterocycles. The topological polar surface area (TPSA) is 85.8 Å². The molecule has 1 aliphatic carbocycles. The number of halogens is 1. The molecule has 1 atom stereocenters. The lowest BCUT2D eigenvalue weighted by Gasteiger charge is -2.28. The van der Waals surface area contributed by atoms with Gasteiger partial charge in [0.05, 0.1) is 18.3 Å². The Labute approximate surface area is 141 Å². The highest BCUT2D eigenvalue weighted by Crippen LogP contribution is 2.39. The number of hydrogen-bond acceptors (Lipinski definition) is 4. The third kappa shape index (κ3) is 4.09. The van der Waals surface area contributed by atoms with Gasteiger partial charge in [-0.2, -0.15) is 0 Å². The first kappa shape index (κ1) is 17.4. The molecule has 124 valence electrons. The lowest BCUT2D eigenvalue weighted by molar-refractivity contribution is 0.0892. The Bertz CT molecular complexity index is 656. The molecule has 0 radical (unpaired) electrons. The molecule has 1 aromatic carbocycles. The Morgan fingerprint density at radius 2 is 2.09 bits per heavy atom. The average Bonchev–Trinajstić information content (AvgIpc) is 3.29. The van der Waals surface area contributed by atoms with E-state index in [1.165, 1.54) is 0 Å². The van der Waals surface area contributed by atoms with Crippen LogP contribution < -0.4 is 11.1 Å². The molecule has 23 heavy (non-hydrogen) atoms. The van der Waals surface area contributed by atoms with Gasteiger partial charge in [-0.05, 0) is 31.2 Å². The van der Waals surface area contributed by atoms with Crippen molar-refractivity contribution in [1.29, 1.82) is 0 Å². The summed E-state index contributed by atoms with van der Waals surface area (Å²) in [6, 6.07) is 9.94. The first-order valence-corrected chi connectivity index (χ1v) is 7.57. The van der Waals surface area contributed by atoms with Gasteiger partial charge in [0.15, 0.2) is 5.69 Å². The van der Waals surface area contributed by atoms with Crippen LogP contribution in [0.4, 0.5) is 0 Å². The quantitative estimate of drug-likeness (QED) is 0.839. The first-order valence-electron chi connectivity index (χ1n) is 7.57. The van der Waals surface area contributed by atoms with Gasteiger partial charge < -0.3 is 11.1 Å². The summed E-state index contributed by atoms with van der Waals surface area (Å²) in [5.41, 5.74) is 6.92. The van der Waals surface area contributed by atoms with E-state index < -0.39 is 0 Å². The summed E-state index contributed by atoms with van der Waals surface area (Å²) in [4.78, 5) is 12.3. The van der Waals surface area contributed by atoms with Gasteiger partial charge in [-0.25, -0.2) is 4.68 Å². The normalized spacial score (nSPS) is 16.3. The van der Waals surface area contributed by atoms with E-state index >= 15 is 0 Å². The Morgan fingerprint density at radius 1 is 1.39 bits per heavy atom. The summed E-state index contributed by atoms with van der Waals surface area (Å²) < 4.78 is 1.67. The van der Waals surface area contributed by atoms with Gasteiger partial charge in [0.25, 0.3) is 5.91 Å².